The van der Waals surface area contributed by atoms with Crippen LogP contribution in [-0.4, -0.2) is 43.3 Å². The minimum absolute atomic E-state index is 0.0250. The summed E-state index contributed by atoms with van der Waals surface area (Å²) in [5.41, 5.74) is 0. The van der Waals surface area contributed by atoms with Gasteiger partial charge in [-0.05, 0) is 6.42 Å². The molecule has 0 radical (unpaired) electrons. The van der Waals surface area contributed by atoms with Gasteiger partial charge >= 0.3 is 6.18 Å². The number of halogens is 3. The molecule has 0 spiro atoms. The highest BCUT2D eigenvalue weighted by atomic mass is 19.4. The molecule has 1 heterocycles. The second-order valence-electron chi connectivity index (χ2n) is 2.90. The van der Waals surface area contributed by atoms with Crippen LogP contribution in [0.4, 0.5) is 13.2 Å². The predicted octanol–water partition coefficient (Wildman–Crippen LogP) is 0.715. The molecule has 2 atom stereocenters. The zero-order chi connectivity index (χ0) is 9.90. The van der Waals surface area contributed by atoms with Gasteiger partial charge in [0.25, 0.3) is 0 Å². The monoisotopic (exact) mass is 200 g/mol. The van der Waals surface area contributed by atoms with E-state index in [9.17, 15) is 18.3 Å². The second kappa shape index (κ2) is 4.26. The number of alkyl halides is 3. The third-order valence-electron chi connectivity index (χ3n) is 1.73. The standard InChI is InChI=1S/C7H11F3O3/c8-7(9,10)4-13-6-3-12-2-1-5(6)11/h5-6,11H,1-4H2. The summed E-state index contributed by atoms with van der Waals surface area (Å²) in [4.78, 5) is 0. The first-order valence-electron chi connectivity index (χ1n) is 3.93. The first kappa shape index (κ1) is 10.7. The Morgan fingerprint density at radius 2 is 2.15 bits per heavy atom. The van der Waals surface area contributed by atoms with Crippen LogP contribution in [0.25, 0.3) is 0 Å². The summed E-state index contributed by atoms with van der Waals surface area (Å²) in [6.45, 7) is -0.942. The van der Waals surface area contributed by atoms with Crippen molar-refractivity contribution >= 4 is 0 Å². The normalized spacial score (nSPS) is 30.5. The number of hydrogen-bond acceptors (Lipinski definition) is 3. The summed E-state index contributed by atoms with van der Waals surface area (Å²) in [6, 6.07) is 0. The van der Waals surface area contributed by atoms with E-state index in [0.29, 0.717) is 13.0 Å². The van der Waals surface area contributed by atoms with E-state index >= 15 is 0 Å². The van der Waals surface area contributed by atoms with E-state index in [1.807, 2.05) is 0 Å². The Morgan fingerprint density at radius 1 is 1.46 bits per heavy atom. The molecule has 1 N–H and O–H groups in total. The molecule has 1 fully saturated rings. The van der Waals surface area contributed by atoms with Crippen molar-refractivity contribution in [1.82, 2.24) is 0 Å². The Balaban J connectivity index is 2.27. The van der Waals surface area contributed by atoms with Gasteiger partial charge in [-0.25, -0.2) is 0 Å². The molecule has 0 aromatic heterocycles. The van der Waals surface area contributed by atoms with Crippen LogP contribution in [0.3, 0.4) is 0 Å². The minimum Gasteiger partial charge on any atom is -0.390 e. The highest BCUT2D eigenvalue weighted by Crippen LogP contribution is 2.18. The molecule has 1 rings (SSSR count). The molecule has 3 nitrogen and oxygen atoms in total. The van der Waals surface area contributed by atoms with Crippen molar-refractivity contribution in [3.05, 3.63) is 0 Å². The fourth-order valence-corrected chi connectivity index (χ4v) is 1.06. The molecule has 6 heteroatoms. The van der Waals surface area contributed by atoms with Gasteiger partial charge in [0.15, 0.2) is 0 Å². The first-order chi connectivity index (χ1) is 5.99. The van der Waals surface area contributed by atoms with Crippen LogP contribution >= 0.6 is 0 Å². The average Bonchev–Trinajstić information content (AvgIpc) is 2.01. The maximum absolute atomic E-state index is 11.7. The Labute approximate surface area is 73.4 Å². The molecule has 1 aliphatic heterocycles. The lowest BCUT2D eigenvalue weighted by Gasteiger charge is -2.27. The van der Waals surface area contributed by atoms with E-state index in [4.69, 9.17) is 4.74 Å². The van der Waals surface area contributed by atoms with Crippen molar-refractivity contribution in [1.29, 1.82) is 0 Å². The van der Waals surface area contributed by atoms with Crippen LogP contribution in [0.2, 0.25) is 0 Å². The molecule has 0 aliphatic carbocycles. The van der Waals surface area contributed by atoms with Gasteiger partial charge in [-0.1, -0.05) is 0 Å². The van der Waals surface area contributed by atoms with Crippen LogP contribution in [0.15, 0.2) is 0 Å². The van der Waals surface area contributed by atoms with Gasteiger partial charge in [-0.3, -0.25) is 0 Å². The summed E-state index contributed by atoms with van der Waals surface area (Å²) in [5, 5.41) is 9.19. The highest BCUT2D eigenvalue weighted by molar-refractivity contribution is 4.73. The van der Waals surface area contributed by atoms with Crippen molar-refractivity contribution in [2.75, 3.05) is 19.8 Å². The summed E-state index contributed by atoms with van der Waals surface area (Å²) in [7, 11) is 0. The fraction of sp³-hybridized carbons (Fsp3) is 1.00. The van der Waals surface area contributed by atoms with Crippen LogP contribution < -0.4 is 0 Å². The molecule has 0 amide bonds. The van der Waals surface area contributed by atoms with Crippen molar-refractivity contribution in [2.24, 2.45) is 0 Å². The van der Waals surface area contributed by atoms with Crippen LogP contribution in [0.5, 0.6) is 0 Å². The number of ether oxygens (including phenoxy) is 2. The number of aliphatic hydroxyl groups excluding tert-OH is 1. The van der Waals surface area contributed by atoms with E-state index in [1.54, 1.807) is 0 Å². The SMILES string of the molecule is OC1CCOCC1OCC(F)(F)F. The quantitative estimate of drug-likeness (QED) is 0.713. The molecule has 0 bridgehead atoms. The van der Waals surface area contributed by atoms with Gasteiger partial charge in [0.2, 0.25) is 0 Å². The Kier molecular flexibility index (Phi) is 3.52. The number of rotatable bonds is 2. The molecule has 2 unspecified atom stereocenters. The largest absolute Gasteiger partial charge is 0.411 e. The van der Waals surface area contributed by atoms with Crippen molar-refractivity contribution in [3.63, 3.8) is 0 Å². The molecule has 13 heavy (non-hydrogen) atoms. The van der Waals surface area contributed by atoms with Gasteiger partial charge in [0, 0.05) is 6.61 Å². The van der Waals surface area contributed by atoms with Gasteiger partial charge in [-0.15, -0.1) is 0 Å². The van der Waals surface area contributed by atoms with E-state index in [1.165, 1.54) is 0 Å². The maximum atomic E-state index is 11.7. The smallest absolute Gasteiger partial charge is 0.390 e. The van der Waals surface area contributed by atoms with E-state index in [0.717, 1.165) is 0 Å². The third kappa shape index (κ3) is 3.93. The van der Waals surface area contributed by atoms with Crippen molar-refractivity contribution in [3.8, 4) is 0 Å². The van der Waals surface area contributed by atoms with Gasteiger partial charge < -0.3 is 14.6 Å². The molecule has 0 aromatic carbocycles. The van der Waals surface area contributed by atoms with E-state index in [-0.39, 0.29) is 6.61 Å². The lowest BCUT2D eigenvalue weighted by molar-refractivity contribution is -0.209. The molecule has 1 aliphatic rings. The lowest BCUT2D eigenvalue weighted by Crippen LogP contribution is -2.40. The molecular formula is C7H11F3O3. The number of aliphatic hydroxyl groups is 1. The molecular weight excluding hydrogens is 189 g/mol. The van der Waals surface area contributed by atoms with E-state index < -0.39 is 25.0 Å². The summed E-state index contributed by atoms with van der Waals surface area (Å²) in [5.74, 6) is 0. The average molecular weight is 200 g/mol. The lowest BCUT2D eigenvalue weighted by atomic mass is 10.1. The van der Waals surface area contributed by atoms with Gasteiger partial charge in [0.05, 0.1) is 12.7 Å². The molecule has 78 valence electrons. The topological polar surface area (TPSA) is 38.7 Å². The van der Waals surface area contributed by atoms with E-state index in [2.05, 4.69) is 4.74 Å². The maximum Gasteiger partial charge on any atom is 0.411 e. The van der Waals surface area contributed by atoms with Crippen molar-refractivity contribution < 1.29 is 27.8 Å². The van der Waals surface area contributed by atoms with Crippen LogP contribution in [0.1, 0.15) is 6.42 Å². The zero-order valence-corrected chi connectivity index (χ0v) is 6.88. The Bertz CT molecular complexity index is 160. The molecule has 0 saturated carbocycles. The zero-order valence-electron chi connectivity index (χ0n) is 6.88. The summed E-state index contributed by atoms with van der Waals surface area (Å²) < 4.78 is 44.4. The Morgan fingerprint density at radius 3 is 2.69 bits per heavy atom. The third-order valence-corrected chi connectivity index (χ3v) is 1.73. The Hall–Kier alpha value is -0.330. The van der Waals surface area contributed by atoms with Gasteiger partial charge in [0.1, 0.15) is 12.7 Å². The highest BCUT2D eigenvalue weighted by Gasteiger charge is 2.32. The van der Waals surface area contributed by atoms with Crippen molar-refractivity contribution in [2.45, 2.75) is 24.8 Å². The first-order valence-corrected chi connectivity index (χ1v) is 3.93. The number of hydrogen-bond donors (Lipinski definition) is 1. The molecule has 1 saturated heterocycles. The summed E-state index contributed by atoms with van der Waals surface area (Å²) in [6.07, 6.45) is -5.73. The van der Waals surface area contributed by atoms with Crippen LogP contribution in [-0.2, 0) is 9.47 Å². The fourth-order valence-electron chi connectivity index (χ4n) is 1.06. The molecule has 0 aromatic rings. The minimum atomic E-state index is -4.35. The van der Waals surface area contributed by atoms with Gasteiger partial charge in [-0.2, -0.15) is 13.2 Å². The predicted molar refractivity (Wildman–Crippen MR) is 37.2 cm³/mol. The second-order valence-corrected chi connectivity index (χ2v) is 2.90. The summed E-state index contributed by atoms with van der Waals surface area (Å²) >= 11 is 0. The van der Waals surface area contributed by atoms with Crippen LogP contribution in [0, 0.1) is 0 Å².